The van der Waals surface area contributed by atoms with Crippen LogP contribution in [0.5, 0.6) is 0 Å². The van der Waals surface area contributed by atoms with Crippen LogP contribution < -0.4 is 5.32 Å². The van der Waals surface area contributed by atoms with Crippen LogP contribution in [0.1, 0.15) is 64.6 Å². The van der Waals surface area contributed by atoms with Crippen LogP contribution >= 0.6 is 0 Å². The summed E-state index contributed by atoms with van der Waals surface area (Å²) >= 11 is 0. The van der Waals surface area contributed by atoms with Gasteiger partial charge in [0.15, 0.2) is 0 Å². The lowest BCUT2D eigenvalue weighted by Crippen LogP contribution is -2.26. The molecule has 1 N–H and O–H groups in total. The highest BCUT2D eigenvalue weighted by Crippen LogP contribution is 2.24. The van der Waals surface area contributed by atoms with Crippen LogP contribution in [0, 0.1) is 5.92 Å². The molecular weight excluding hydrogens is 222 g/mol. The van der Waals surface area contributed by atoms with Crippen LogP contribution in [0.25, 0.3) is 0 Å². The second-order valence-corrected chi connectivity index (χ2v) is 5.75. The summed E-state index contributed by atoms with van der Waals surface area (Å²) in [6.07, 6.45) is 8.48. The third-order valence-corrected chi connectivity index (χ3v) is 4.25. The molecule has 0 aliphatic heterocycles. The third kappa shape index (κ3) is 3.35. The lowest BCUT2D eigenvalue weighted by molar-refractivity contribution is 0.421. The van der Waals surface area contributed by atoms with E-state index in [1.807, 2.05) is 0 Å². The largest absolute Gasteiger partial charge is 0.308 e. The van der Waals surface area contributed by atoms with E-state index in [4.69, 9.17) is 0 Å². The molecule has 0 saturated heterocycles. The van der Waals surface area contributed by atoms with Crippen molar-refractivity contribution in [1.29, 1.82) is 0 Å². The molecule has 3 nitrogen and oxygen atoms in total. The molecule has 1 aliphatic rings. The SMILES string of the molecule is CCC(CC)n1ccc(CNC2CCC(C)C2)n1. The lowest BCUT2D eigenvalue weighted by atomic mass is 10.1. The van der Waals surface area contributed by atoms with E-state index < -0.39 is 0 Å². The monoisotopic (exact) mass is 249 g/mol. The summed E-state index contributed by atoms with van der Waals surface area (Å²) in [7, 11) is 0. The average Bonchev–Trinajstić information content (AvgIpc) is 2.98. The Kier molecular flexibility index (Phi) is 4.81. The number of rotatable bonds is 6. The van der Waals surface area contributed by atoms with Crippen LogP contribution in [0.4, 0.5) is 0 Å². The van der Waals surface area contributed by atoms with Crippen molar-refractivity contribution in [1.82, 2.24) is 15.1 Å². The fraction of sp³-hybridized carbons (Fsp3) is 0.800. The zero-order chi connectivity index (χ0) is 13.0. The molecular formula is C15H27N3. The zero-order valence-corrected chi connectivity index (χ0v) is 12.0. The van der Waals surface area contributed by atoms with Gasteiger partial charge in [-0.15, -0.1) is 0 Å². The highest BCUT2D eigenvalue weighted by molar-refractivity contribution is 5.00. The molecule has 0 aromatic carbocycles. The number of nitrogens with one attached hydrogen (secondary N) is 1. The van der Waals surface area contributed by atoms with E-state index in [2.05, 4.69) is 48.1 Å². The average molecular weight is 249 g/mol. The van der Waals surface area contributed by atoms with E-state index in [9.17, 15) is 0 Å². The maximum atomic E-state index is 4.69. The highest BCUT2D eigenvalue weighted by Gasteiger charge is 2.20. The topological polar surface area (TPSA) is 29.9 Å². The van der Waals surface area contributed by atoms with E-state index in [0.29, 0.717) is 12.1 Å². The van der Waals surface area contributed by atoms with Crippen LogP contribution in [-0.4, -0.2) is 15.8 Å². The van der Waals surface area contributed by atoms with Gasteiger partial charge in [0.2, 0.25) is 0 Å². The molecule has 0 bridgehead atoms. The first-order valence-corrected chi connectivity index (χ1v) is 7.50. The Morgan fingerprint density at radius 1 is 1.39 bits per heavy atom. The van der Waals surface area contributed by atoms with Crippen molar-refractivity contribution < 1.29 is 0 Å². The standard InChI is InChI=1S/C15H27N3/c1-4-15(5-2)18-9-8-14(17-18)11-16-13-7-6-12(3)10-13/h8-9,12-13,15-16H,4-7,10-11H2,1-3H3. The third-order valence-electron chi connectivity index (χ3n) is 4.25. The molecule has 2 atom stereocenters. The van der Waals surface area contributed by atoms with Gasteiger partial charge in [-0.25, -0.2) is 0 Å². The summed E-state index contributed by atoms with van der Waals surface area (Å²) in [5.41, 5.74) is 1.18. The maximum absolute atomic E-state index is 4.69. The van der Waals surface area contributed by atoms with Gasteiger partial charge in [0.25, 0.3) is 0 Å². The molecule has 3 heteroatoms. The van der Waals surface area contributed by atoms with Crippen molar-refractivity contribution in [2.75, 3.05) is 0 Å². The quantitative estimate of drug-likeness (QED) is 0.836. The van der Waals surface area contributed by atoms with Gasteiger partial charge in [-0.05, 0) is 44.1 Å². The molecule has 1 saturated carbocycles. The minimum atomic E-state index is 0.560. The first kappa shape index (κ1) is 13.6. The van der Waals surface area contributed by atoms with Gasteiger partial charge in [-0.1, -0.05) is 20.8 Å². The van der Waals surface area contributed by atoms with Gasteiger partial charge in [0.1, 0.15) is 0 Å². The molecule has 1 aliphatic carbocycles. The molecule has 1 fully saturated rings. The van der Waals surface area contributed by atoms with Crippen molar-refractivity contribution in [3.8, 4) is 0 Å². The van der Waals surface area contributed by atoms with Gasteiger partial charge >= 0.3 is 0 Å². The number of hydrogen-bond donors (Lipinski definition) is 1. The summed E-state index contributed by atoms with van der Waals surface area (Å²) in [6.45, 7) is 7.73. The van der Waals surface area contributed by atoms with Crippen LogP contribution in [0.15, 0.2) is 12.3 Å². The Labute approximate surface area is 111 Å². The molecule has 2 unspecified atom stereocenters. The van der Waals surface area contributed by atoms with Crippen LogP contribution in [0.3, 0.4) is 0 Å². The van der Waals surface area contributed by atoms with Crippen molar-refractivity contribution in [2.24, 2.45) is 5.92 Å². The van der Waals surface area contributed by atoms with E-state index in [1.165, 1.54) is 25.0 Å². The lowest BCUT2D eigenvalue weighted by Gasteiger charge is -2.13. The predicted molar refractivity (Wildman–Crippen MR) is 75.5 cm³/mol. The van der Waals surface area contributed by atoms with Crippen molar-refractivity contribution >= 4 is 0 Å². The van der Waals surface area contributed by atoms with E-state index in [1.54, 1.807) is 0 Å². The fourth-order valence-electron chi connectivity index (χ4n) is 2.98. The molecule has 0 amide bonds. The van der Waals surface area contributed by atoms with Crippen molar-refractivity contribution in [3.63, 3.8) is 0 Å². The second-order valence-electron chi connectivity index (χ2n) is 5.75. The molecule has 1 aromatic heterocycles. The second kappa shape index (κ2) is 6.37. The number of aromatic nitrogens is 2. The van der Waals surface area contributed by atoms with Crippen molar-refractivity contribution in [3.05, 3.63) is 18.0 Å². The Balaban J connectivity index is 1.83. The van der Waals surface area contributed by atoms with E-state index in [-0.39, 0.29) is 0 Å². The van der Waals surface area contributed by atoms with Crippen LogP contribution in [-0.2, 0) is 6.54 Å². The van der Waals surface area contributed by atoms with Gasteiger partial charge in [-0.2, -0.15) is 5.10 Å². The first-order valence-electron chi connectivity index (χ1n) is 7.50. The normalized spacial score (nSPS) is 24.0. The Morgan fingerprint density at radius 2 is 2.17 bits per heavy atom. The fourth-order valence-corrected chi connectivity index (χ4v) is 2.98. The summed E-state index contributed by atoms with van der Waals surface area (Å²) in [5, 5.41) is 8.33. The van der Waals surface area contributed by atoms with Crippen LogP contribution in [0.2, 0.25) is 0 Å². The van der Waals surface area contributed by atoms with E-state index >= 15 is 0 Å². The minimum absolute atomic E-state index is 0.560. The molecule has 2 rings (SSSR count). The van der Waals surface area contributed by atoms with Gasteiger partial charge < -0.3 is 5.32 Å². The molecule has 1 aromatic rings. The summed E-state index contributed by atoms with van der Waals surface area (Å²) in [5.74, 6) is 0.893. The molecule has 102 valence electrons. The van der Waals surface area contributed by atoms with E-state index in [0.717, 1.165) is 25.3 Å². The highest BCUT2D eigenvalue weighted by atomic mass is 15.3. The van der Waals surface area contributed by atoms with Crippen molar-refractivity contribution in [2.45, 2.75) is 71.5 Å². The smallest absolute Gasteiger partial charge is 0.0762 e. The molecule has 18 heavy (non-hydrogen) atoms. The molecule has 1 heterocycles. The zero-order valence-electron chi connectivity index (χ0n) is 12.0. The van der Waals surface area contributed by atoms with Gasteiger partial charge in [-0.3, -0.25) is 4.68 Å². The Bertz CT molecular complexity index is 354. The first-order chi connectivity index (χ1) is 8.72. The predicted octanol–water partition coefficient (Wildman–Crippen LogP) is 3.52. The summed E-state index contributed by atoms with van der Waals surface area (Å²) in [6, 6.07) is 3.42. The number of nitrogens with zero attached hydrogens (tertiary/aromatic N) is 2. The minimum Gasteiger partial charge on any atom is -0.308 e. The van der Waals surface area contributed by atoms with Gasteiger partial charge in [0.05, 0.1) is 11.7 Å². The molecule has 0 spiro atoms. The Hall–Kier alpha value is -0.830. The summed E-state index contributed by atoms with van der Waals surface area (Å²) in [4.78, 5) is 0. The maximum Gasteiger partial charge on any atom is 0.0762 e. The Morgan fingerprint density at radius 3 is 2.78 bits per heavy atom. The number of hydrogen-bond acceptors (Lipinski definition) is 2. The summed E-state index contributed by atoms with van der Waals surface area (Å²) < 4.78 is 2.13. The molecule has 0 radical (unpaired) electrons. The van der Waals surface area contributed by atoms with Gasteiger partial charge in [0, 0.05) is 18.8 Å².